The highest BCUT2D eigenvalue weighted by atomic mass is 16.5. The molecule has 0 radical (unpaired) electrons. The smallest absolute Gasteiger partial charge is 0.203 e. The van der Waals surface area contributed by atoms with Crippen molar-refractivity contribution in [3.8, 4) is 17.2 Å². The molecule has 2 aromatic rings. The predicted molar refractivity (Wildman–Crippen MR) is 115 cm³/mol. The molecule has 0 aliphatic carbocycles. The van der Waals surface area contributed by atoms with E-state index in [0.29, 0.717) is 17.8 Å². The normalized spacial score (nSPS) is 22.3. The largest absolute Gasteiger partial charge is 0.493 e. The second-order valence-electron chi connectivity index (χ2n) is 8.10. The maximum atomic E-state index is 5.57. The van der Waals surface area contributed by atoms with Gasteiger partial charge in [0.1, 0.15) is 0 Å². The molecule has 4 rings (SSSR count). The Morgan fingerprint density at radius 2 is 1.62 bits per heavy atom. The Balaban J connectivity index is 1.58. The van der Waals surface area contributed by atoms with Crippen molar-refractivity contribution >= 4 is 0 Å². The van der Waals surface area contributed by atoms with E-state index in [2.05, 4.69) is 52.3 Å². The zero-order valence-corrected chi connectivity index (χ0v) is 17.8. The molecule has 5 nitrogen and oxygen atoms in total. The molecule has 2 saturated heterocycles. The topological polar surface area (TPSA) is 34.2 Å². The molecule has 2 aromatic carbocycles. The molecule has 2 atom stereocenters. The first-order valence-corrected chi connectivity index (χ1v) is 10.5. The molecule has 0 saturated carbocycles. The van der Waals surface area contributed by atoms with E-state index < -0.39 is 0 Å². The van der Waals surface area contributed by atoms with Crippen molar-refractivity contribution in [2.24, 2.45) is 0 Å². The average molecular weight is 397 g/mol. The Hall–Kier alpha value is -2.24. The Morgan fingerprint density at radius 3 is 2.28 bits per heavy atom. The van der Waals surface area contributed by atoms with E-state index in [1.54, 1.807) is 21.3 Å². The highest BCUT2D eigenvalue weighted by Gasteiger charge is 2.36. The van der Waals surface area contributed by atoms with Gasteiger partial charge in [0.15, 0.2) is 11.5 Å². The van der Waals surface area contributed by atoms with Crippen molar-refractivity contribution in [1.29, 1.82) is 0 Å². The van der Waals surface area contributed by atoms with E-state index in [1.165, 1.54) is 30.5 Å². The predicted octanol–water partition coefficient (Wildman–Crippen LogP) is 3.60. The van der Waals surface area contributed by atoms with Crippen LogP contribution in [0.3, 0.4) is 0 Å². The van der Waals surface area contributed by atoms with Gasteiger partial charge in [-0.2, -0.15) is 0 Å². The summed E-state index contributed by atoms with van der Waals surface area (Å²) in [6, 6.07) is 16.2. The summed E-state index contributed by atoms with van der Waals surface area (Å²) < 4.78 is 16.6. The molecule has 2 aliphatic heterocycles. The summed E-state index contributed by atoms with van der Waals surface area (Å²) in [5, 5.41) is 0. The summed E-state index contributed by atoms with van der Waals surface area (Å²) in [6.45, 7) is 4.39. The van der Waals surface area contributed by atoms with Crippen molar-refractivity contribution in [3.05, 3.63) is 53.6 Å². The van der Waals surface area contributed by atoms with Gasteiger partial charge in [0.25, 0.3) is 0 Å². The number of piperazine rings is 1. The molecular weight excluding hydrogens is 364 g/mol. The molecule has 0 N–H and O–H groups in total. The third-order valence-corrected chi connectivity index (χ3v) is 6.33. The van der Waals surface area contributed by atoms with Crippen LogP contribution in [0.2, 0.25) is 0 Å². The SMILES string of the molecule is COc1cc(CN2C[C@@H]3CCCN3C[C@@H]2Cc2ccccc2)cc(OC)c1OC. The minimum absolute atomic E-state index is 0.505. The molecule has 2 fully saturated rings. The van der Waals surface area contributed by atoms with E-state index >= 15 is 0 Å². The van der Waals surface area contributed by atoms with Crippen LogP contribution >= 0.6 is 0 Å². The summed E-state index contributed by atoms with van der Waals surface area (Å²) >= 11 is 0. The summed E-state index contributed by atoms with van der Waals surface area (Å²) in [5.74, 6) is 2.10. The Morgan fingerprint density at radius 1 is 0.897 bits per heavy atom. The van der Waals surface area contributed by atoms with Crippen LogP contribution in [0.4, 0.5) is 0 Å². The first kappa shape index (κ1) is 20.0. The van der Waals surface area contributed by atoms with Crippen LogP contribution in [-0.2, 0) is 13.0 Å². The number of nitrogens with zero attached hydrogens (tertiary/aromatic N) is 2. The van der Waals surface area contributed by atoms with Gasteiger partial charge in [0.05, 0.1) is 21.3 Å². The number of hydrogen-bond acceptors (Lipinski definition) is 5. The van der Waals surface area contributed by atoms with Gasteiger partial charge in [-0.05, 0) is 49.1 Å². The van der Waals surface area contributed by atoms with Gasteiger partial charge >= 0.3 is 0 Å². The fraction of sp³-hybridized carbons (Fsp3) is 0.500. The van der Waals surface area contributed by atoms with Gasteiger partial charge in [-0.15, -0.1) is 0 Å². The first-order valence-electron chi connectivity index (χ1n) is 10.5. The van der Waals surface area contributed by atoms with E-state index in [0.717, 1.165) is 37.6 Å². The van der Waals surface area contributed by atoms with Crippen molar-refractivity contribution in [2.75, 3.05) is 41.0 Å². The summed E-state index contributed by atoms with van der Waals surface area (Å²) in [5.41, 5.74) is 2.61. The Labute approximate surface area is 174 Å². The second kappa shape index (κ2) is 9.06. The quantitative estimate of drug-likeness (QED) is 0.714. The maximum Gasteiger partial charge on any atom is 0.203 e. The molecule has 5 heteroatoms. The van der Waals surface area contributed by atoms with Gasteiger partial charge in [-0.25, -0.2) is 0 Å². The summed E-state index contributed by atoms with van der Waals surface area (Å²) in [7, 11) is 5.00. The van der Waals surface area contributed by atoms with Crippen LogP contribution in [0.15, 0.2) is 42.5 Å². The Kier molecular flexibility index (Phi) is 6.26. The van der Waals surface area contributed by atoms with E-state index in [4.69, 9.17) is 14.2 Å². The van der Waals surface area contributed by atoms with Crippen molar-refractivity contribution < 1.29 is 14.2 Å². The van der Waals surface area contributed by atoms with Gasteiger partial charge in [-0.3, -0.25) is 9.80 Å². The highest BCUT2D eigenvalue weighted by molar-refractivity contribution is 5.53. The second-order valence-corrected chi connectivity index (χ2v) is 8.10. The molecule has 0 spiro atoms. The molecular formula is C24H32N2O3. The van der Waals surface area contributed by atoms with Gasteiger partial charge in [0.2, 0.25) is 5.75 Å². The monoisotopic (exact) mass is 396 g/mol. The van der Waals surface area contributed by atoms with E-state index in [9.17, 15) is 0 Å². The summed E-state index contributed by atoms with van der Waals surface area (Å²) in [6.07, 6.45) is 3.71. The van der Waals surface area contributed by atoms with Crippen LogP contribution in [0.1, 0.15) is 24.0 Å². The fourth-order valence-corrected chi connectivity index (χ4v) is 4.88. The molecule has 2 aliphatic rings. The van der Waals surface area contributed by atoms with Gasteiger partial charge in [0, 0.05) is 31.7 Å². The van der Waals surface area contributed by atoms with E-state index in [-0.39, 0.29) is 0 Å². The van der Waals surface area contributed by atoms with Gasteiger partial charge < -0.3 is 14.2 Å². The van der Waals surface area contributed by atoms with E-state index in [1.807, 2.05) is 0 Å². The van der Waals surface area contributed by atoms with Crippen LogP contribution in [-0.4, -0.2) is 62.8 Å². The molecule has 29 heavy (non-hydrogen) atoms. The third-order valence-electron chi connectivity index (χ3n) is 6.33. The highest BCUT2D eigenvalue weighted by Crippen LogP contribution is 2.39. The van der Waals surface area contributed by atoms with Gasteiger partial charge in [-0.1, -0.05) is 30.3 Å². The van der Waals surface area contributed by atoms with Crippen LogP contribution in [0.25, 0.3) is 0 Å². The fourth-order valence-electron chi connectivity index (χ4n) is 4.88. The number of benzene rings is 2. The first-order chi connectivity index (χ1) is 14.2. The third kappa shape index (κ3) is 4.36. The lowest BCUT2D eigenvalue weighted by Crippen LogP contribution is -2.56. The van der Waals surface area contributed by atoms with Crippen molar-refractivity contribution in [1.82, 2.24) is 9.80 Å². The number of ether oxygens (including phenoxy) is 3. The summed E-state index contributed by atoms with van der Waals surface area (Å²) in [4.78, 5) is 5.35. The maximum absolute atomic E-state index is 5.57. The number of rotatable bonds is 7. The number of fused-ring (bicyclic) bond motifs is 1. The van der Waals surface area contributed by atoms with Crippen LogP contribution < -0.4 is 14.2 Å². The van der Waals surface area contributed by atoms with Crippen LogP contribution in [0, 0.1) is 0 Å². The van der Waals surface area contributed by atoms with Crippen molar-refractivity contribution in [2.45, 2.75) is 37.9 Å². The lowest BCUT2D eigenvalue weighted by atomic mass is 9.99. The Bertz CT molecular complexity index is 786. The number of hydrogen-bond donors (Lipinski definition) is 0. The molecule has 0 unspecified atom stereocenters. The molecule has 156 valence electrons. The number of methoxy groups -OCH3 is 3. The lowest BCUT2D eigenvalue weighted by molar-refractivity contribution is 0.0455. The molecule has 2 heterocycles. The average Bonchev–Trinajstić information content (AvgIpc) is 3.21. The molecule has 0 bridgehead atoms. The zero-order chi connectivity index (χ0) is 20.2. The minimum Gasteiger partial charge on any atom is -0.493 e. The molecule has 0 aromatic heterocycles. The zero-order valence-electron chi connectivity index (χ0n) is 17.8. The standard InChI is InChI=1S/C24H32N2O3/c1-27-22-13-19(14-23(28-2)24(22)29-3)15-26-16-20-10-7-11-25(20)17-21(26)12-18-8-5-4-6-9-18/h4-6,8-9,13-14,20-21H,7,10-12,15-17H2,1-3H3/t20-,21-/m0/s1. The minimum atomic E-state index is 0.505. The molecule has 0 amide bonds. The lowest BCUT2D eigenvalue weighted by Gasteiger charge is -2.44. The van der Waals surface area contributed by atoms with Crippen molar-refractivity contribution in [3.63, 3.8) is 0 Å². The van der Waals surface area contributed by atoms with Crippen LogP contribution in [0.5, 0.6) is 17.2 Å².